The number of hydrogen-bond acceptors (Lipinski definition) is 2. The van der Waals surface area contributed by atoms with Gasteiger partial charge in [-0.15, -0.1) is 0 Å². The standard InChI is InChI=1S/C18H19BrN2O2S/c1-13(22)21-9-8-15-10-16(19)18(11-17(15)21)24(23)20(2)12-14-6-4-3-5-7-14/h3-7,10-11H,8-9,12H2,1-2H3. The molecule has 24 heavy (non-hydrogen) atoms. The molecule has 1 amide bonds. The molecule has 0 radical (unpaired) electrons. The van der Waals surface area contributed by atoms with Gasteiger partial charge < -0.3 is 4.90 Å². The van der Waals surface area contributed by atoms with Crippen molar-refractivity contribution in [3.8, 4) is 0 Å². The van der Waals surface area contributed by atoms with Gasteiger partial charge in [0.1, 0.15) is 11.0 Å². The van der Waals surface area contributed by atoms with Gasteiger partial charge in [-0.2, -0.15) is 0 Å². The van der Waals surface area contributed by atoms with E-state index in [-0.39, 0.29) is 5.91 Å². The SMILES string of the molecule is CC(=O)N1CCc2cc(Br)c(S(=O)N(C)Cc3ccccc3)cc21. The van der Waals surface area contributed by atoms with Gasteiger partial charge in [0.2, 0.25) is 5.91 Å². The Morgan fingerprint density at radius 1 is 1.29 bits per heavy atom. The van der Waals surface area contributed by atoms with Crippen LogP contribution >= 0.6 is 15.9 Å². The first-order chi connectivity index (χ1) is 11.5. The van der Waals surface area contributed by atoms with E-state index in [4.69, 9.17) is 0 Å². The first-order valence-electron chi connectivity index (χ1n) is 7.75. The third kappa shape index (κ3) is 3.45. The van der Waals surface area contributed by atoms with Crippen LogP contribution in [0.15, 0.2) is 51.8 Å². The van der Waals surface area contributed by atoms with Crippen LogP contribution in [-0.2, 0) is 28.7 Å². The highest BCUT2D eigenvalue weighted by Gasteiger charge is 2.25. The number of rotatable bonds is 4. The van der Waals surface area contributed by atoms with Gasteiger partial charge in [0.05, 0.1) is 4.90 Å². The maximum Gasteiger partial charge on any atom is 0.223 e. The minimum atomic E-state index is -1.31. The van der Waals surface area contributed by atoms with Gasteiger partial charge in [-0.25, -0.2) is 8.51 Å². The van der Waals surface area contributed by atoms with Crippen molar-refractivity contribution in [1.29, 1.82) is 0 Å². The maximum absolute atomic E-state index is 12.9. The molecule has 1 aliphatic rings. The van der Waals surface area contributed by atoms with Crippen LogP contribution in [0.1, 0.15) is 18.1 Å². The number of carbonyl (C=O) groups is 1. The number of anilines is 1. The van der Waals surface area contributed by atoms with Crippen molar-refractivity contribution in [2.75, 3.05) is 18.5 Å². The van der Waals surface area contributed by atoms with Crippen molar-refractivity contribution < 1.29 is 9.00 Å². The van der Waals surface area contributed by atoms with Crippen LogP contribution in [0.2, 0.25) is 0 Å². The van der Waals surface area contributed by atoms with E-state index < -0.39 is 11.0 Å². The Kier molecular flexibility index (Phi) is 5.18. The average Bonchev–Trinajstić information content (AvgIpc) is 2.97. The van der Waals surface area contributed by atoms with Gasteiger partial charge in [-0.1, -0.05) is 30.3 Å². The quantitative estimate of drug-likeness (QED) is 0.779. The Hall–Kier alpha value is -1.50. The number of fused-ring (bicyclic) bond motifs is 1. The smallest absolute Gasteiger partial charge is 0.223 e. The lowest BCUT2D eigenvalue weighted by atomic mass is 10.2. The molecule has 6 heteroatoms. The van der Waals surface area contributed by atoms with Crippen molar-refractivity contribution in [3.63, 3.8) is 0 Å². The summed E-state index contributed by atoms with van der Waals surface area (Å²) in [5.74, 6) is 0.0189. The maximum atomic E-state index is 12.9. The van der Waals surface area contributed by atoms with Crippen LogP contribution in [0, 0.1) is 0 Å². The van der Waals surface area contributed by atoms with Crippen LogP contribution in [-0.4, -0.2) is 28.0 Å². The van der Waals surface area contributed by atoms with Crippen LogP contribution in [0.3, 0.4) is 0 Å². The summed E-state index contributed by atoms with van der Waals surface area (Å²) in [6.45, 7) is 2.84. The summed E-state index contributed by atoms with van der Waals surface area (Å²) in [7, 11) is 0.527. The van der Waals surface area contributed by atoms with Gasteiger partial charge >= 0.3 is 0 Å². The normalized spacial score (nSPS) is 14.8. The Morgan fingerprint density at radius 2 is 2.00 bits per heavy atom. The zero-order valence-corrected chi connectivity index (χ0v) is 16.1. The van der Waals surface area contributed by atoms with Crippen LogP contribution in [0.4, 0.5) is 5.69 Å². The Bertz CT molecular complexity index is 795. The van der Waals surface area contributed by atoms with E-state index in [1.165, 1.54) is 0 Å². The number of nitrogens with zero attached hydrogens (tertiary/aromatic N) is 2. The highest BCUT2D eigenvalue weighted by Crippen LogP contribution is 2.35. The molecule has 126 valence electrons. The number of amides is 1. The highest BCUT2D eigenvalue weighted by molar-refractivity contribution is 9.10. The summed E-state index contributed by atoms with van der Waals surface area (Å²) in [6.07, 6.45) is 0.834. The third-order valence-corrected chi connectivity index (χ3v) is 6.46. The van der Waals surface area contributed by atoms with Crippen molar-refractivity contribution in [1.82, 2.24) is 4.31 Å². The van der Waals surface area contributed by atoms with Gasteiger partial charge in [-0.05, 0) is 45.6 Å². The lowest BCUT2D eigenvalue weighted by molar-refractivity contribution is -0.116. The largest absolute Gasteiger partial charge is 0.312 e. The molecule has 0 saturated heterocycles. The van der Waals surface area contributed by atoms with Crippen LogP contribution < -0.4 is 4.90 Å². The topological polar surface area (TPSA) is 40.6 Å². The summed E-state index contributed by atoms with van der Waals surface area (Å²) < 4.78 is 15.6. The molecule has 4 nitrogen and oxygen atoms in total. The van der Waals surface area contributed by atoms with E-state index in [0.717, 1.165) is 27.7 Å². The monoisotopic (exact) mass is 406 g/mol. The number of benzene rings is 2. The molecule has 0 spiro atoms. The lowest BCUT2D eigenvalue weighted by Crippen LogP contribution is -2.26. The summed E-state index contributed by atoms with van der Waals surface area (Å²) in [4.78, 5) is 14.2. The van der Waals surface area contributed by atoms with E-state index in [2.05, 4.69) is 15.9 Å². The zero-order chi connectivity index (χ0) is 17.3. The lowest BCUT2D eigenvalue weighted by Gasteiger charge is -2.19. The molecule has 0 N–H and O–H groups in total. The first-order valence-corrected chi connectivity index (χ1v) is 9.65. The first kappa shape index (κ1) is 17.3. The van der Waals surface area contributed by atoms with Crippen molar-refractivity contribution in [2.45, 2.75) is 24.8 Å². The van der Waals surface area contributed by atoms with Gasteiger partial charge in [0.25, 0.3) is 0 Å². The molecule has 0 aromatic heterocycles. The van der Waals surface area contributed by atoms with Gasteiger partial charge in [0.15, 0.2) is 0 Å². The second-order valence-electron chi connectivity index (χ2n) is 5.85. The second kappa shape index (κ2) is 7.17. The van der Waals surface area contributed by atoms with E-state index in [1.54, 1.807) is 16.1 Å². The Morgan fingerprint density at radius 3 is 2.67 bits per heavy atom. The summed E-state index contributed by atoms with van der Waals surface area (Å²) in [5.41, 5.74) is 3.10. The number of halogens is 1. The number of carbonyl (C=O) groups excluding carboxylic acids is 1. The molecule has 0 fully saturated rings. The molecule has 0 aliphatic carbocycles. The molecule has 1 aliphatic heterocycles. The molecule has 1 heterocycles. The molecular formula is C18H19BrN2O2S. The molecule has 2 aromatic carbocycles. The van der Waals surface area contributed by atoms with Crippen LogP contribution in [0.25, 0.3) is 0 Å². The van der Waals surface area contributed by atoms with Crippen molar-refractivity contribution in [2.24, 2.45) is 0 Å². The number of hydrogen-bond donors (Lipinski definition) is 0. The van der Waals surface area contributed by atoms with E-state index >= 15 is 0 Å². The minimum Gasteiger partial charge on any atom is -0.312 e. The molecular weight excluding hydrogens is 388 g/mol. The molecule has 0 saturated carbocycles. The highest BCUT2D eigenvalue weighted by atomic mass is 79.9. The van der Waals surface area contributed by atoms with Crippen LogP contribution in [0.5, 0.6) is 0 Å². The molecule has 1 unspecified atom stereocenters. The van der Waals surface area contributed by atoms with Gasteiger partial charge in [-0.3, -0.25) is 4.79 Å². The van der Waals surface area contributed by atoms with Crippen molar-refractivity contribution in [3.05, 3.63) is 58.1 Å². The fraction of sp³-hybridized carbons (Fsp3) is 0.278. The van der Waals surface area contributed by atoms with Crippen molar-refractivity contribution >= 4 is 38.5 Å². The molecule has 2 aromatic rings. The Labute approximate surface area is 153 Å². The zero-order valence-electron chi connectivity index (χ0n) is 13.7. The second-order valence-corrected chi connectivity index (χ2v) is 8.27. The molecule has 0 bridgehead atoms. The minimum absolute atomic E-state index is 0.0189. The summed E-state index contributed by atoms with van der Waals surface area (Å²) in [6, 6.07) is 13.8. The predicted octanol–water partition coefficient (Wildman–Crippen LogP) is 3.51. The van der Waals surface area contributed by atoms with E-state index in [1.807, 2.05) is 49.5 Å². The summed E-state index contributed by atoms with van der Waals surface area (Å²) in [5, 5.41) is 0. The fourth-order valence-corrected chi connectivity index (χ4v) is 4.76. The van der Waals surface area contributed by atoms with Gasteiger partial charge in [0, 0.05) is 37.2 Å². The Balaban J connectivity index is 1.87. The van der Waals surface area contributed by atoms with E-state index in [9.17, 15) is 9.00 Å². The average molecular weight is 407 g/mol. The fourth-order valence-electron chi connectivity index (χ4n) is 2.92. The third-order valence-electron chi connectivity index (χ3n) is 4.13. The summed E-state index contributed by atoms with van der Waals surface area (Å²) >= 11 is 3.54. The molecule has 1 atom stereocenters. The molecule has 3 rings (SSSR count). The van der Waals surface area contributed by atoms with E-state index in [0.29, 0.717) is 18.0 Å². The predicted molar refractivity (Wildman–Crippen MR) is 100 cm³/mol.